The fourth-order valence-corrected chi connectivity index (χ4v) is 2.25. The highest BCUT2D eigenvalue weighted by Gasteiger charge is 2.07. The van der Waals surface area contributed by atoms with E-state index >= 15 is 0 Å². The van der Waals surface area contributed by atoms with Gasteiger partial charge in [-0.2, -0.15) is 0 Å². The molecule has 2 heteroatoms. The lowest BCUT2D eigenvalue weighted by Gasteiger charge is -2.01. The first-order valence-corrected chi connectivity index (χ1v) is 6.80. The van der Waals surface area contributed by atoms with Crippen molar-refractivity contribution in [2.45, 2.75) is 25.7 Å². The van der Waals surface area contributed by atoms with Gasteiger partial charge in [0.05, 0.1) is 6.54 Å². The van der Waals surface area contributed by atoms with Gasteiger partial charge < -0.3 is 5.32 Å². The topological polar surface area (TPSA) is 24.4 Å². The van der Waals surface area contributed by atoms with E-state index in [4.69, 9.17) is 0 Å². The van der Waals surface area contributed by atoms with Crippen LogP contribution in [0.15, 0.2) is 47.0 Å². The molecule has 1 aromatic carbocycles. The molecule has 1 aliphatic heterocycles. The highest BCUT2D eigenvalue weighted by molar-refractivity contribution is 5.97. The van der Waals surface area contributed by atoms with Crippen molar-refractivity contribution in [2.75, 3.05) is 20.1 Å². The minimum Gasteiger partial charge on any atom is -0.319 e. The third kappa shape index (κ3) is 4.11. The third-order valence-corrected chi connectivity index (χ3v) is 3.29. The average molecular weight is 242 g/mol. The number of hydrogen-bond donors (Lipinski definition) is 1. The van der Waals surface area contributed by atoms with Crippen molar-refractivity contribution in [1.82, 2.24) is 5.32 Å². The number of aliphatic imine (C=N–C) groups is 1. The number of nitrogens with zero attached hydrogens (tertiary/aromatic N) is 1. The van der Waals surface area contributed by atoms with Gasteiger partial charge in [0.2, 0.25) is 0 Å². The monoisotopic (exact) mass is 242 g/mol. The first-order chi connectivity index (χ1) is 8.88. The second kappa shape index (κ2) is 7.12. The maximum absolute atomic E-state index is 4.56. The lowest BCUT2D eigenvalue weighted by molar-refractivity contribution is 0.802. The Morgan fingerprint density at radius 3 is 2.72 bits per heavy atom. The number of rotatable bonds is 7. The first kappa shape index (κ1) is 13.0. The summed E-state index contributed by atoms with van der Waals surface area (Å²) in [7, 11) is 1.99. The Kier molecular flexibility index (Phi) is 5.15. The Morgan fingerprint density at radius 1 is 1.11 bits per heavy atom. The van der Waals surface area contributed by atoms with Crippen molar-refractivity contribution in [2.24, 2.45) is 4.99 Å². The van der Waals surface area contributed by atoms with E-state index in [9.17, 15) is 0 Å². The molecule has 0 atom stereocenters. The van der Waals surface area contributed by atoms with E-state index in [1.165, 1.54) is 36.1 Å². The molecule has 0 fully saturated rings. The average Bonchev–Trinajstić information content (AvgIpc) is 2.85. The summed E-state index contributed by atoms with van der Waals surface area (Å²) < 4.78 is 0. The Labute approximate surface area is 110 Å². The Hall–Kier alpha value is -1.41. The van der Waals surface area contributed by atoms with Gasteiger partial charge in [-0.1, -0.05) is 30.3 Å². The predicted octanol–water partition coefficient (Wildman–Crippen LogP) is 3.00. The zero-order valence-electron chi connectivity index (χ0n) is 11.2. The van der Waals surface area contributed by atoms with Crippen molar-refractivity contribution >= 4 is 5.71 Å². The molecule has 0 unspecified atom stereocenters. The summed E-state index contributed by atoms with van der Waals surface area (Å²) in [5.41, 5.74) is 4.20. The summed E-state index contributed by atoms with van der Waals surface area (Å²) in [5, 5.41) is 3.16. The maximum atomic E-state index is 4.56. The van der Waals surface area contributed by atoms with E-state index in [1.54, 1.807) is 0 Å². The molecule has 0 spiro atoms. The zero-order chi connectivity index (χ0) is 12.6. The summed E-state index contributed by atoms with van der Waals surface area (Å²) in [6, 6.07) is 10.7. The summed E-state index contributed by atoms with van der Waals surface area (Å²) in [4.78, 5) is 4.56. The van der Waals surface area contributed by atoms with E-state index in [-0.39, 0.29) is 0 Å². The third-order valence-electron chi connectivity index (χ3n) is 3.29. The highest BCUT2D eigenvalue weighted by atomic mass is 14.8. The van der Waals surface area contributed by atoms with Crippen LogP contribution in [0.2, 0.25) is 0 Å². The molecular weight excluding hydrogens is 220 g/mol. The fourth-order valence-electron chi connectivity index (χ4n) is 2.25. The number of allylic oxidation sites excluding steroid dienone is 1. The summed E-state index contributed by atoms with van der Waals surface area (Å²) in [5.74, 6) is 0. The van der Waals surface area contributed by atoms with E-state index in [0.717, 1.165) is 19.5 Å². The minimum atomic E-state index is 0.924. The van der Waals surface area contributed by atoms with Gasteiger partial charge in [-0.25, -0.2) is 0 Å². The molecule has 0 radical (unpaired) electrons. The number of aryl methyl sites for hydroxylation is 1. The van der Waals surface area contributed by atoms with Crippen molar-refractivity contribution < 1.29 is 0 Å². The molecule has 96 valence electrons. The predicted molar refractivity (Wildman–Crippen MR) is 78.3 cm³/mol. The number of hydrogen-bond acceptors (Lipinski definition) is 2. The van der Waals surface area contributed by atoms with Crippen molar-refractivity contribution in [3.63, 3.8) is 0 Å². The van der Waals surface area contributed by atoms with Gasteiger partial charge >= 0.3 is 0 Å². The highest BCUT2D eigenvalue weighted by Crippen LogP contribution is 2.15. The van der Waals surface area contributed by atoms with Crippen LogP contribution in [-0.2, 0) is 6.42 Å². The molecule has 1 aliphatic rings. The van der Waals surface area contributed by atoms with Crippen LogP contribution in [0.1, 0.15) is 24.8 Å². The van der Waals surface area contributed by atoms with Gasteiger partial charge in [0, 0.05) is 18.7 Å². The summed E-state index contributed by atoms with van der Waals surface area (Å²) in [6.45, 7) is 1.94. The Bertz CT molecular complexity index is 418. The fraction of sp³-hybridized carbons (Fsp3) is 0.438. The standard InChI is InChI=1S/C16H22N2/c1-17-11-10-16-12-15(13-18-16)9-5-8-14-6-3-2-4-7-14/h2-4,6-7,12,17H,5,8-11,13H2,1H3. The van der Waals surface area contributed by atoms with Gasteiger partial charge in [-0.15, -0.1) is 0 Å². The molecule has 1 N–H and O–H groups in total. The van der Waals surface area contributed by atoms with Crippen LogP contribution in [0.4, 0.5) is 0 Å². The number of nitrogens with one attached hydrogen (secondary N) is 1. The molecule has 2 rings (SSSR count). The molecule has 0 bridgehead atoms. The SMILES string of the molecule is CNCCC1=NCC(CCCc2ccccc2)=C1. The second-order valence-corrected chi connectivity index (χ2v) is 4.80. The molecule has 1 heterocycles. The molecule has 18 heavy (non-hydrogen) atoms. The van der Waals surface area contributed by atoms with E-state index in [0.29, 0.717) is 0 Å². The van der Waals surface area contributed by atoms with Crippen LogP contribution in [0.25, 0.3) is 0 Å². The lowest BCUT2D eigenvalue weighted by Crippen LogP contribution is -2.10. The molecule has 0 saturated carbocycles. The molecule has 1 aromatic rings. The van der Waals surface area contributed by atoms with Gasteiger partial charge in [0.15, 0.2) is 0 Å². The van der Waals surface area contributed by atoms with Crippen LogP contribution >= 0.6 is 0 Å². The van der Waals surface area contributed by atoms with Gasteiger partial charge in [0.25, 0.3) is 0 Å². The molecule has 0 saturated heterocycles. The minimum absolute atomic E-state index is 0.924. The first-order valence-electron chi connectivity index (χ1n) is 6.80. The van der Waals surface area contributed by atoms with Crippen molar-refractivity contribution in [3.8, 4) is 0 Å². The van der Waals surface area contributed by atoms with Gasteiger partial charge in [-0.3, -0.25) is 4.99 Å². The molecule has 0 aliphatic carbocycles. The zero-order valence-corrected chi connectivity index (χ0v) is 11.2. The van der Waals surface area contributed by atoms with E-state index < -0.39 is 0 Å². The van der Waals surface area contributed by atoms with Crippen molar-refractivity contribution in [3.05, 3.63) is 47.5 Å². The molecular formula is C16H22N2. The lowest BCUT2D eigenvalue weighted by atomic mass is 10.0. The van der Waals surface area contributed by atoms with Crippen LogP contribution in [0.5, 0.6) is 0 Å². The van der Waals surface area contributed by atoms with Crippen LogP contribution in [0.3, 0.4) is 0 Å². The summed E-state index contributed by atoms with van der Waals surface area (Å²) >= 11 is 0. The van der Waals surface area contributed by atoms with E-state index in [2.05, 4.69) is 46.7 Å². The van der Waals surface area contributed by atoms with Crippen LogP contribution in [-0.4, -0.2) is 25.8 Å². The van der Waals surface area contributed by atoms with Crippen LogP contribution in [0, 0.1) is 0 Å². The Morgan fingerprint density at radius 2 is 1.94 bits per heavy atom. The maximum Gasteiger partial charge on any atom is 0.0606 e. The quantitative estimate of drug-likeness (QED) is 0.781. The second-order valence-electron chi connectivity index (χ2n) is 4.80. The van der Waals surface area contributed by atoms with Gasteiger partial charge in [-0.05, 0) is 43.5 Å². The van der Waals surface area contributed by atoms with E-state index in [1.807, 2.05) is 7.05 Å². The number of benzene rings is 1. The molecule has 2 nitrogen and oxygen atoms in total. The smallest absolute Gasteiger partial charge is 0.0606 e. The molecule has 0 amide bonds. The van der Waals surface area contributed by atoms with Crippen LogP contribution < -0.4 is 5.32 Å². The van der Waals surface area contributed by atoms with Crippen molar-refractivity contribution in [1.29, 1.82) is 0 Å². The largest absolute Gasteiger partial charge is 0.319 e. The Balaban J connectivity index is 1.69. The normalized spacial score (nSPS) is 14.5. The summed E-state index contributed by atoms with van der Waals surface area (Å²) in [6.07, 6.45) is 6.93. The molecule has 0 aromatic heterocycles. The van der Waals surface area contributed by atoms with Gasteiger partial charge in [0.1, 0.15) is 0 Å².